The minimum Gasteiger partial charge on any atom is -0.504 e. The molecule has 2 bridgehead atoms. The van der Waals surface area contributed by atoms with Crippen molar-refractivity contribution in [3.63, 3.8) is 0 Å². The van der Waals surface area contributed by atoms with E-state index in [4.69, 9.17) is 4.74 Å². The number of rotatable bonds is 2. The lowest BCUT2D eigenvalue weighted by molar-refractivity contribution is -0.172. The van der Waals surface area contributed by atoms with Crippen LogP contribution in [-0.4, -0.2) is 52.7 Å². The van der Waals surface area contributed by atoms with Crippen LogP contribution in [0.2, 0.25) is 0 Å². The van der Waals surface area contributed by atoms with E-state index < -0.39 is 11.0 Å². The number of Topliss-reactive ketones (excluding diaryl/α,β-unsaturated/α-hetero) is 1. The Kier molecular flexibility index (Phi) is 3.45. The highest BCUT2D eigenvalue weighted by Crippen LogP contribution is 2.60. The zero-order chi connectivity index (χ0) is 17.1. The summed E-state index contributed by atoms with van der Waals surface area (Å²) in [7, 11) is 1.54. The highest BCUT2D eigenvalue weighted by molar-refractivity contribution is 5.83. The molecule has 2 fully saturated rings. The number of hydrogen-bond donors (Lipinski definition) is 2. The SMILES string of the molecule is CCN1CC[C@]23CC(=O)CC[C@@]2(O)C1Cc1ccc(O)c(OC)c13. The van der Waals surface area contributed by atoms with E-state index in [1.807, 2.05) is 6.07 Å². The normalized spacial score (nSPS) is 35.3. The first-order valence-electron chi connectivity index (χ1n) is 8.84. The van der Waals surface area contributed by atoms with E-state index in [0.717, 1.165) is 30.6 Å². The molecule has 3 atom stereocenters. The third-order valence-corrected chi connectivity index (χ3v) is 6.66. The Morgan fingerprint density at radius 1 is 1.38 bits per heavy atom. The molecule has 2 aliphatic carbocycles. The lowest BCUT2D eigenvalue weighted by Gasteiger charge is -2.63. The number of piperidine rings is 1. The second-order valence-electron chi connectivity index (χ2n) is 7.47. The number of aromatic hydroxyl groups is 1. The number of phenols is 1. The zero-order valence-corrected chi connectivity index (χ0v) is 14.3. The number of methoxy groups -OCH3 is 1. The molecule has 1 unspecified atom stereocenters. The third kappa shape index (κ3) is 1.80. The van der Waals surface area contributed by atoms with Crippen LogP contribution in [0.5, 0.6) is 11.5 Å². The molecule has 0 aromatic heterocycles. The minimum absolute atomic E-state index is 0.0195. The van der Waals surface area contributed by atoms with Gasteiger partial charge < -0.3 is 14.9 Å². The number of phenolic OH excluding ortho intramolecular Hbond substituents is 1. The van der Waals surface area contributed by atoms with Crippen molar-refractivity contribution in [2.45, 2.75) is 56.1 Å². The number of carbonyl (C=O) groups is 1. The lowest BCUT2D eigenvalue weighted by Crippen LogP contribution is -2.73. The molecule has 4 rings (SSSR count). The van der Waals surface area contributed by atoms with Crippen LogP contribution in [0, 0.1) is 0 Å². The molecule has 1 aromatic carbocycles. The number of nitrogens with zero attached hydrogens (tertiary/aromatic N) is 1. The van der Waals surface area contributed by atoms with Gasteiger partial charge in [-0.1, -0.05) is 13.0 Å². The molecule has 1 heterocycles. The molecule has 1 aliphatic heterocycles. The Morgan fingerprint density at radius 3 is 2.88 bits per heavy atom. The summed E-state index contributed by atoms with van der Waals surface area (Å²) in [5, 5.41) is 22.1. The van der Waals surface area contributed by atoms with Crippen molar-refractivity contribution in [2.24, 2.45) is 0 Å². The van der Waals surface area contributed by atoms with Crippen LogP contribution in [0.1, 0.15) is 43.7 Å². The van der Waals surface area contributed by atoms with Crippen LogP contribution in [-0.2, 0) is 16.6 Å². The summed E-state index contributed by atoms with van der Waals surface area (Å²) < 4.78 is 5.53. The number of fused-ring (bicyclic) bond motifs is 1. The molecular weight excluding hydrogens is 306 g/mol. The molecule has 24 heavy (non-hydrogen) atoms. The van der Waals surface area contributed by atoms with Gasteiger partial charge in [-0.3, -0.25) is 9.69 Å². The molecule has 0 radical (unpaired) electrons. The maximum absolute atomic E-state index is 12.4. The Balaban J connectivity index is 2.00. The molecule has 1 saturated carbocycles. The molecule has 3 aliphatic rings. The number of ether oxygens (including phenoxy) is 1. The van der Waals surface area contributed by atoms with Crippen molar-refractivity contribution in [1.29, 1.82) is 0 Å². The van der Waals surface area contributed by atoms with Crippen LogP contribution in [0.15, 0.2) is 12.1 Å². The predicted octanol–water partition coefficient (Wildman–Crippen LogP) is 1.77. The molecule has 2 N–H and O–H groups in total. The van der Waals surface area contributed by atoms with Crippen LogP contribution >= 0.6 is 0 Å². The molecule has 0 spiro atoms. The Labute approximate surface area is 142 Å². The first-order valence-corrected chi connectivity index (χ1v) is 8.84. The minimum atomic E-state index is -0.941. The predicted molar refractivity (Wildman–Crippen MR) is 89.5 cm³/mol. The number of benzene rings is 1. The van der Waals surface area contributed by atoms with Crippen LogP contribution < -0.4 is 4.74 Å². The molecule has 5 heteroatoms. The molecule has 1 saturated heterocycles. The maximum atomic E-state index is 12.4. The summed E-state index contributed by atoms with van der Waals surface area (Å²) in [6, 6.07) is 3.61. The van der Waals surface area contributed by atoms with E-state index in [-0.39, 0.29) is 17.6 Å². The molecule has 0 amide bonds. The molecule has 130 valence electrons. The Morgan fingerprint density at radius 2 is 2.17 bits per heavy atom. The number of likely N-dealkylation sites (N-methyl/N-ethyl adjacent to an activating group) is 1. The third-order valence-electron chi connectivity index (χ3n) is 6.66. The van der Waals surface area contributed by atoms with E-state index in [1.54, 1.807) is 13.2 Å². The van der Waals surface area contributed by atoms with Gasteiger partial charge in [0.15, 0.2) is 11.5 Å². The molecular formula is C19H25NO4. The first kappa shape index (κ1) is 15.9. The van der Waals surface area contributed by atoms with Crippen molar-refractivity contribution in [3.8, 4) is 11.5 Å². The van der Waals surface area contributed by atoms with Gasteiger partial charge in [0.2, 0.25) is 0 Å². The fourth-order valence-corrected chi connectivity index (χ4v) is 5.56. The van der Waals surface area contributed by atoms with Gasteiger partial charge in [0.05, 0.1) is 12.7 Å². The lowest BCUT2D eigenvalue weighted by atomic mass is 9.49. The quantitative estimate of drug-likeness (QED) is 0.864. The summed E-state index contributed by atoms with van der Waals surface area (Å²) in [6.07, 6.45) is 2.71. The molecule has 1 aromatic rings. The number of aliphatic hydroxyl groups is 1. The van der Waals surface area contributed by atoms with E-state index in [1.165, 1.54) is 0 Å². The van der Waals surface area contributed by atoms with Crippen molar-refractivity contribution >= 4 is 5.78 Å². The van der Waals surface area contributed by atoms with Gasteiger partial charge in [-0.25, -0.2) is 0 Å². The number of hydrogen-bond acceptors (Lipinski definition) is 5. The van der Waals surface area contributed by atoms with E-state index in [2.05, 4.69) is 11.8 Å². The zero-order valence-electron chi connectivity index (χ0n) is 14.3. The van der Waals surface area contributed by atoms with Gasteiger partial charge in [-0.15, -0.1) is 0 Å². The number of ketones is 1. The van der Waals surface area contributed by atoms with E-state index in [9.17, 15) is 15.0 Å². The summed E-state index contributed by atoms with van der Waals surface area (Å²) in [5.41, 5.74) is 0.374. The highest BCUT2D eigenvalue weighted by atomic mass is 16.5. The average Bonchev–Trinajstić information content (AvgIpc) is 2.56. The highest BCUT2D eigenvalue weighted by Gasteiger charge is 2.65. The van der Waals surface area contributed by atoms with Crippen molar-refractivity contribution in [2.75, 3.05) is 20.2 Å². The van der Waals surface area contributed by atoms with Crippen molar-refractivity contribution in [3.05, 3.63) is 23.3 Å². The van der Waals surface area contributed by atoms with Gasteiger partial charge in [-0.2, -0.15) is 0 Å². The summed E-state index contributed by atoms with van der Waals surface area (Å²) in [4.78, 5) is 14.7. The van der Waals surface area contributed by atoms with Gasteiger partial charge in [0, 0.05) is 29.9 Å². The monoisotopic (exact) mass is 331 g/mol. The topological polar surface area (TPSA) is 70.0 Å². The average molecular weight is 331 g/mol. The Bertz CT molecular complexity index is 703. The van der Waals surface area contributed by atoms with Gasteiger partial charge >= 0.3 is 0 Å². The van der Waals surface area contributed by atoms with Crippen LogP contribution in [0.4, 0.5) is 0 Å². The number of carbonyl (C=O) groups excluding carboxylic acids is 1. The second-order valence-corrected chi connectivity index (χ2v) is 7.47. The fraction of sp³-hybridized carbons (Fsp3) is 0.632. The van der Waals surface area contributed by atoms with E-state index in [0.29, 0.717) is 31.4 Å². The second kappa shape index (κ2) is 5.20. The summed E-state index contributed by atoms with van der Waals surface area (Å²) >= 11 is 0. The van der Waals surface area contributed by atoms with Gasteiger partial charge in [0.1, 0.15) is 5.78 Å². The Hall–Kier alpha value is -1.59. The van der Waals surface area contributed by atoms with E-state index >= 15 is 0 Å². The smallest absolute Gasteiger partial charge is 0.164 e. The van der Waals surface area contributed by atoms with Gasteiger partial charge in [-0.05, 0) is 44.0 Å². The standard InChI is InChI=1S/C19H25NO4/c1-3-20-9-8-18-11-13(21)6-7-19(18,23)15(20)10-12-4-5-14(22)17(24-2)16(12)18/h4-5,15,22-23H,3,6-11H2,1-2H3/t15?,18-,19-/m1/s1. The van der Waals surface area contributed by atoms with Crippen molar-refractivity contribution < 1.29 is 19.7 Å². The maximum Gasteiger partial charge on any atom is 0.164 e. The number of likely N-dealkylation sites (tertiary alicyclic amines) is 1. The van der Waals surface area contributed by atoms with Crippen molar-refractivity contribution in [1.82, 2.24) is 4.90 Å². The first-order chi connectivity index (χ1) is 11.5. The van der Waals surface area contributed by atoms with Crippen LogP contribution in [0.3, 0.4) is 0 Å². The summed E-state index contributed by atoms with van der Waals surface area (Å²) in [5.74, 6) is 0.716. The van der Waals surface area contributed by atoms with Gasteiger partial charge in [0.25, 0.3) is 0 Å². The van der Waals surface area contributed by atoms with Crippen LogP contribution in [0.25, 0.3) is 0 Å². The molecule has 5 nitrogen and oxygen atoms in total. The summed E-state index contributed by atoms with van der Waals surface area (Å²) in [6.45, 7) is 3.87. The fourth-order valence-electron chi connectivity index (χ4n) is 5.56. The largest absolute Gasteiger partial charge is 0.504 e.